The van der Waals surface area contributed by atoms with Gasteiger partial charge in [-0.05, 0) is 5.92 Å². The van der Waals surface area contributed by atoms with Gasteiger partial charge in [-0.25, -0.2) is 0 Å². The number of hydrogen-bond donors (Lipinski definition) is 0. The summed E-state index contributed by atoms with van der Waals surface area (Å²) >= 11 is 0. The maximum absolute atomic E-state index is 2.36. The van der Waals surface area contributed by atoms with Crippen LogP contribution in [0, 0.1) is 5.92 Å². The van der Waals surface area contributed by atoms with Crippen LogP contribution < -0.4 is 0 Å². The molecule has 0 rings (SSSR count). The van der Waals surface area contributed by atoms with Gasteiger partial charge in [0.15, 0.2) is 0 Å². The monoisotopic (exact) mass is 731 g/mol. The molecule has 0 aliphatic carbocycles. The Hall–Kier alpha value is 0. The van der Waals surface area contributed by atoms with E-state index in [1.54, 1.807) is 0 Å². The first-order chi connectivity index (χ1) is 25.8. The molecule has 0 amide bonds. The fraction of sp³-hybridized carbons (Fsp3) is 1.00. The molecule has 0 saturated carbocycles. The van der Waals surface area contributed by atoms with E-state index in [1.807, 2.05) is 0 Å². The van der Waals surface area contributed by atoms with Crippen LogP contribution in [0.25, 0.3) is 0 Å². The average Bonchev–Trinajstić information content (AvgIpc) is 3.16. The molecule has 0 spiro atoms. The first-order valence-corrected chi connectivity index (χ1v) is 25.8. The van der Waals surface area contributed by atoms with Crippen molar-refractivity contribution in [2.24, 2.45) is 5.92 Å². The maximum atomic E-state index is 2.36. The van der Waals surface area contributed by atoms with Crippen LogP contribution in [0.4, 0.5) is 0 Å². The van der Waals surface area contributed by atoms with Crippen molar-refractivity contribution >= 4 is 0 Å². The van der Waals surface area contributed by atoms with Crippen molar-refractivity contribution in [1.82, 2.24) is 0 Å². The van der Waals surface area contributed by atoms with Crippen molar-refractivity contribution in [3.63, 3.8) is 0 Å². The van der Waals surface area contributed by atoms with Crippen molar-refractivity contribution < 1.29 is 0 Å². The summed E-state index contributed by atoms with van der Waals surface area (Å²) < 4.78 is 0. The Morgan fingerprint density at radius 2 is 0.269 bits per heavy atom. The zero-order chi connectivity index (χ0) is 37.5. The largest absolute Gasteiger partial charge is 0.0654 e. The van der Waals surface area contributed by atoms with Gasteiger partial charge in [0, 0.05) is 0 Å². The minimum absolute atomic E-state index is 1.03. The maximum Gasteiger partial charge on any atom is -0.0414 e. The predicted octanol–water partition coefficient (Wildman–Crippen LogP) is 20.4. The second-order valence-corrected chi connectivity index (χ2v) is 18.1. The van der Waals surface area contributed by atoms with E-state index in [0.717, 1.165) is 5.92 Å². The number of hydrogen-bond acceptors (Lipinski definition) is 0. The van der Waals surface area contributed by atoms with Crippen molar-refractivity contribution in [2.75, 3.05) is 0 Å². The smallest absolute Gasteiger partial charge is 0.0414 e. The highest BCUT2D eigenvalue weighted by Crippen LogP contribution is 2.25. The van der Waals surface area contributed by atoms with Gasteiger partial charge in [0.2, 0.25) is 0 Å². The van der Waals surface area contributed by atoms with E-state index in [-0.39, 0.29) is 0 Å². The Morgan fingerprint density at radius 3 is 0.423 bits per heavy atom. The molecular weight excluding hydrogens is 625 g/mol. The van der Waals surface area contributed by atoms with Crippen molar-refractivity contribution in [1.29, 1.82) is 0 Å². The molecule has 314 valence electrons. The lowest BCUT2D eigenvalue weighted by Crippen LogP contribution is -2.01. The molecule has 0 heteroatoms. The third kappa shape index (κ3) is 46.2. The van der Waals surface area contributed by atoms with Gasteiger partial charge in [0.05, 0.1) is 0 Å². The molecule has 0 aliphatic heterocycles. The summed E-state index contributed by atoms with van der Waals surface area (Å²) in [6.45, 7) is 6.99. The molecule has 1 atom stereocenters. The van der Waals surface area contributed by atoms with Crippen molar-refractivity contribution in [3.8, 4) is 0 Å². The molecule has 52 heavy (non-hydrogen) atoms. The van der Waals surface area contributed by atoms with Gasteiger partial charge >= 0.3 is 0 Å². The van der Waals surface area contributed by atoms with Crippen LogP contribution in [0.5, 0.6) is 0 Å². The third-order valence-electron chi connectivity index (χ3n) is 12.6. The average molecular weight is 731 g/mol. The van der Waals surface area contributed by atoms with E-state index < -0.39 is 0 Å². The molecule has 0 N–H and O–H groups in total. The Labute approximate surface area is 333 Å². The first kappa shape index (κ1) is 52.0. The second-order valence-electron chi connectivity index (χ2n) is 18.1. The van der Waals surface area contributed by atoms with Gasteiger partial charge in [-0.3, -0.25) is 0 Å². The highest BCUT2D eigenvalue weighted by Gasteiger charge is 2.09. The topological polar surface area (TPSA) is 0 Å². The molecule has 1 unspecified atom stereocenters. The highest BCUT2D eigenvalue weighted by molar-refractivity contribution is 4.62. The molecule has 0 aromatic carbocycles. The van der Waals surface area contributed by atoms with E-state index in [4.69, 9.17) is 0 Å². The van der Waals surface area contributed by atoms with Gasteiger partial charge in [0.1, 0.15) is 0 Å². The molecule has 0 aliphatic rings. The quantitative estimate of drug-likeness (QED) is 0.0547. The Morgan fingerprint density at radius 1 is 0.154 bits per heavy atom. The summed E-state index contributed by atoms with van der Waals surface area (Å²) in [5.74, 6) is 1.03. The van der Waals surface area contributed by atoms with E-state index in [2.05, 4.69) is 20.8 Å². The van der Waals surface area contributed by atoms with Gasteiger partial charge in [-0.15, -0.1) is 0 Å². The number of unbranched alkanes of at least 4 members (excludes halogenated alkanes) is 42. The highest BCUT2D eigenvalue weighted by atomic mass is 14.1. The minimum Gasteiger partial charge on any atom is -0.0654 e. The van der Waals surface area contributed by atoms with E-state index in [1.165, 1.54) is 308 Å². The molecular formula is C52H106. The lowest BCUT2D eigenvalue weighted by molar-refractivity contribution is 0.366. The normalized spacial score (nSPS) is 12.3. The van der Waals surface area contributed by atoms with E-state index in [9.17, 15) is 0 Å². The number of rotatable bonds is 48. The first-order valence-electron chi connectivity index (χ1n) is 25.8. The molecule has 0 radical (unpaired) electrons. The molecule has 0 fully saturated rings. The van der Waals surface area contributed by atoms with Crippen LogP contribution in [0.2, 0.25) is 0 Å². The SMILES string of the molecule is CCCCCCCCCCCCCCCCCCCCCCCCC(CCCCCC)CCCCCCCCCCCCCCCCCCCCC. The molecule has 0 aromatic rings. The molecule has 0 nitrogen and oxygen atoms in total. The van der Waals surface area contributed by atoms with E-state index in [0.29, 0.717) is 0 Å². The van der Waals surface area contributed by atoms with Gasteiger partial charge in [-0.1, -0.05) is 329 Å². The van der Waals surface area contributed by atoms with Gasteiger partial charge in [-0.2, -0.15) is 0 Å². The standard InChI is InChI=1S/C52H106/c1-4-7-10-13-15-17-19-21-23-25-27-28-29-31-33-35-37-39-41-43-45-48-51-52(49-46-12-9-6-3)50-47-44-42-40-38-36-34-32-30-26-24-22-20-18-16-14-11-8-5-2/h52H,4-51H2,1-3H3. The Bertz CT molecular complexity index is 579. The summed E-state index contributed by atoms with van der Waals surface area (Å²) in [5, 5.41) is 0. The molecule has 0 aromatic heterocycles. The van der Waals surface area contributed by atoms with Crippen molar-refractivity contribution in [3.05, 3.63) is 0 Å². The minimum atomic E-state index is 1.03. The summed E-state index contributed by atoms with van der Waals surface area (Å²) in [4.78, 5) is 0. The van der Waals surface area contributed by atoms with Crippen LogP contribution >= 0.6 is 0 Å². The predicted molar refractivity (Wildman–Crippen MR) is 242 cm³/mol. The fourth-order valence-corrected chi connectivity index (χ4v) is 8.85. The fourth-order valence-electron chi connectivity index (χ4n) is 8.85. The Kier molecular flexibility index (Phi) is 49.0. The van der Waals surface area contributed by atoms with Crippen LogP contribution in [-0.2, 0) is 0 Å². The summed E-state index contributed by atoms with van der Waals surface area (Å²) in [6, 6.07) is 0. The van der Waals surface area contributed by atoms with E-state index >= 15 is 0 Å². The van der Waals surface area contributed by atoms with Gasteiger partial charge < -0.3 is 0 Å². The lowest BCUT2D eigenvalue weighted by Gasteiger charge is -2.17. The lowest BCUT2D eigenvalue weighted by atomic mass is 9.89. The Balaban J connectivity index is 3.54. The van der Waals surface area contributed by atoms with Crippen molar-refractivity contribution in [2.45, 2.75) is 329 Å². The third-order valence-corrected chi connectivity index (χ3v) is 12.6. The van der Waals surface area contributed by atoms with Crippen LogP contribution in [0.1, 0.15) is 329 Å². The second kappa shape index (κ2) is 49.0. The summed E-state index contributed by atoms with van der Waals surface area (Å²) in [7, 11) is 0. The zero-order valence-corrected chi connectivity index (χ0v) is 37.5. The van der Waals surface area contributed by atoms with Gasteiger partial charge in [0.25, 0.3) is 0 Å². The summed E-state index contributed by atoms with van der Waals surface area (Å²) in [6.07, 6.45) is 71.3. The molecule has 0 bridgehead atoms. The molecule has 0 heterocycles. The van der Waals surface area contributed by atoms with Crippen LogP contribution in [0.15, 0.2) is 0 Å². The molecule has 0 saturated heterocycles. The zero-order valence-electron chi connectivity index (χ0n) is 37.5. The van der Waals surface area contributed by atoms with Crippen LogP contribution in [0.3, 0.4) is 0 Å². The summed E-state index contributed by atoms with van der Waals surface area (Å²) in [5.41, 5.74) is 0. The van der Waals surface area contributed by atoms with Crippen LogP contribution in [-0.4, -0.2) is 0 Å².